The second kappa shape index (κ2) is 8.93. The van der Waals surface area contributed by atoms with Crippen LogP contribution in [0, 0.1) is 0 Å². The smallest absolute Gasteiger partial charge is 0.331 e. The van der Waals surface area contributed by atoms with Crippen LogP contribution in [0.5, 0.6) is 5.75 Å². The Bertz CT molecular complexity index is 913. The van der Waals surface area contributed by atoms with Crippen LogP contribution in [0.15, 0.2) is 53.5 Å². The summed E-state index contributed by atoms with van der Waals surface area (Å²) in [4.78, 5) is 31.6. The zero-order valence-corrected chi connectivity index (χ0v) is 16.7. The van der Waals surface area contributed by atoms with E-state index in [4.69, 9.17) is 9.47 Å². The average Bonchev–Trinajstić information content (AvgIpc) is 2.76. The lowest BCUT2D eigenvalue weighted by molar-refractivity contribution is -0.141. The van der Waals surface area contributed by atoms with Crippen LogP contribution in [-0.4, -0.2) is 43.7 Å². The molecule has 0 aliphatic carbocycles. The summed E-state index contributed by atoms with van der Waals surface area (Å²) in [6.45, 7) is 0. The topological polar surface area (TPSA) is 68.2 Å². The van der Waals surface area contributed by atoms with Gasteiger partial charge in [-0.15, -0.1) is 0 Å². The Morgan fingerprint density at radius 2 is 1.82 bits per heavy atom. The number of esters is 1. The molecule has 146 valence electrons. The van der Waals surface area contributed by atoms with Gasteiger partial charge in [-0.3, -0.25) is 14.7 Å². The largest absolute Gasteiger partial charge is 0.496 e. The van der Waals surface area contributed by atoms with Crippen LogP contribution in [0.4, 0.5) is 5.69 Å². The van der Waals surface area contributed by atoms with Gasteiger partial charge in [0.2, 0.25) is 0 Å². The van der Waals surface area contributed by atoms with Crippen molar-refractivity contribution in [1.29, 1.82) is 0 Å². The van der Waals surface area contributed by atoms with Crippen molar-refractivity contribution < 1.29 is 19.1 Å². The highest BCUT2D eigenvalue weighted by Crippen LogP contribution is 2.31. The van der Waals surface area contributed by atoms with Crippen molar-refractivity contribution in [2.45, 2.75) is 18.9 Å². The van der Waals surface area contributed by atoms with Crippen LogP contribution in [0.25, 0.3) is 0 Å². The van der Waals surface area contributed by atoms with E-state index >= 15 is 0 Å². The quantitative estimate of drug-likeness (QED) is 0.621. The molecule has 2 aromatic rings. The van der Waals surface area contributed by atoms with Crippen molar-refractivity contribution in [2.24, 2.45) is 4.99 Å². The summed E-state index contributed by atoms with van der Waals surface area (Å²) in [5, 5.41) is 0. The number of nitrogens with zero attached hydrogens (tertiary/aromatic N) is 2. The van der Waals surface area contributed by atoms with E-state index < -0.39 is 12.0 Å². The van der Waals surface area contributed by atoms with Crippen LogP contribution < -0.4 is 9.64 Å². The van der Waals surface area contributed by atoms with Gasteiger partial charge in [0.15, 0.2) is 6.04 Å². The van der Waals surface area contributed by atoms with Crippen LogP contribution in [0.2, 0.25) is 0 Å². The summed E-state index contributed by atoms with van der Waals surface area (Å²) in [5.41, 5.74) is 2.23. The molecule has 0 saturated heterocycles. The number of amidine groups is 1. The number of benzene rings is 2. The van der Waals surface area contributed by atoms with E-state index in [2.05, 4.69) is 17.6 Å². The normalized spacial score (nSPS) is 15.7. The third-order valence-electron chi connectivity index (χ3n) is 4.60. The lowest BCUT2D eigenvalue weighted by Gasteiger charge is -2.32. The van der Waals surface area contributed by atoms with Gasteiger partial charge in [-0.1, -0.05) is 30.3 Å². The Morgan fingerprint density at radius 3 is 2.54 bits per heavy atom. The van der Waals surface area contributed by atoms with E-state index in [1.165, 1.54) is 14.2 Å². The number of aliphatic imine (C=N–C) groups is 1. The molecule has 1 aliphatic heterocycles. The average molecular weight is 398 g/mol. The fourth-order valence-corrected chi connectivity index (χ4v) is 3.44. The van der Waals surface area contributed by atoms with Gasteiger partial charge >= 0.3 is 5.97 Å². The molecular formula is C21H22N2O4S. The summed E-state index contributed by atoms with van der Waals surface area (Å²) in [6, 6.07) is 14.0. The SMILES string of the molecule is COC(=O)[C@@H](CS)N=C1CCc2ccccc2N1C(=O)c1ccccc1OC. The highest BCUT2D eigenvalue weighted by Gasteiger charge is 2.31. The first kappa shape index (κ1) is 19.9. The maximum Gasteiger partial charge on any atom is 0.331 e. The predicted octanol–water partition coefficient (Wildman–Crippen LogP) is 3.16. The number of hydrogen-bond donors (Lipinski definition) is 1. The summed E-state index contributed by atoms with van der Waals surface area (Å²) in [5.74, 6) is 0.443. The van der Waals surface area contributed by atoms with E-state index in [1.807, 2.05) is 30.3 Å². The maximum absolute atomic E-state index is 13.5. The van der Waals surface area contributed by atoms with Gasteiger partial charge in [-0.2, -0.15) is 12.6 Å². The first-order valence-corrected chi connectivity index (χ1v) is 9.54. The lowest BCUT2D eigenvalue weighted by atomic mass is 9.99. The molecular weight excluding hydrogens is 376 g/mol. The molecule has 1 heterocycles. The molecule has 0 bridgehead atoms. The Hall–Kier alpha value is -2.80. The molecule has 0 saturated carbocycles. The van der Waals surface area contributed by atoms with E-state index in [1.54, 1.807) is 23.1 Å². The number of thiol groups is 1. The van der Waals surface area contributed by atoms with Crippen molar-refractivity contribution >= 4 is 36.0 Å². The number of carbonyl (C=O) groups is 2. The zero-order valence-electron chi connectivity index (χ0n) is 15.8. The Labute approximate surface area is 169 Å². The van der Waals surface area contributed by atoms with Gasteiger partial charge in [0.25, 0.3) is 5.91 Å². The molecule has 0 unspecified atom stereocenters. The number of para-hydroxylation sites is 2. The first-order valence-electron chi connectivity index (χ1n) is 8.91. The highest BCUT2D eigenvalue weighted by molar-refractivity contribution is 7.80. The molecule has 0 fully saturated rings. The monoisotopic (exact) mass is 398 g/mol. The maximum atomic E-state index is 13.5. The fourth-order valence-electron chi connectivity index (χ4n) is 3.21. The standard InChI is InChI=1S/C21H22N2O4S/c1-26-18-10-6-4-8-15(18)20(24)23-17-9-5-3-7-14(17)11-12-19(23)22-16(13-28)21(25)27-2/h3-10,16,28H,11-13H2,1-2H3/t16-/m1/s1. The van der Waals surface area contributed by atoms with Crippen LogP contribution in [0.1, 0.15) is 22.3 Å². The highest BCUT2D eigenvalue weighted by atomic mass is 32.1. The molecule has 2 aromatic carbocycles. The van der Waals surface area contributed by atoms with Gasteiger partial charge in [0.1, 0.15) is 11.6 Å². The predicted molar refractivity (Wildman–Crippen MR) is 112 cm³/mol. The molecule has 1 aliphatic rings. The van der Waals surface area contributed by atoms with Crippen LogP contribution in [-0.2, 0) is 16.0 Å². The number of methoxy groups -OCH3 is 2. The number of anilines is 1. The molecule has 3 rings (SSSR count). The van der Waals surface area contributed by atoms with Gasteiger partial charge in [0, 0.05) is 12.2 Å². The number of ether oxygens (including phenoxy) is 2. The molecule has 0 N–H and O–H groups in total. The Balaban J connectivity index is 2.10. The molecule has 6 nitrogen and oxygen atoms in total. The van der Waals surface area contributed by atoms with Crippen LogP contribution >= 0.6 is 12.6 Å². The Morgan fingerprint density at radius 1 is 1.11 bits per heavy atom. The van der Waals surface area contributed by atoms with Crippen LogP contribution in [0.3, 0.4) is 0 Å². The van der Waals surface area contributed by atoms with E-state index in [-0.39, 0.29) is 11.7 Å². The molecule has 1 atom stereocenters. The van der Waals surface area contributed by atoms with E-state index in [0.29, 0.717) is 23.6 Å². The van der Waals surface area contributed by atoms with Gasteiger partial charge in [-0.05, 0) is 30.2 Å². The van der Waals surface area contributed by atoms with Crippen molar-refractivity contribution in [3.05, 3.63) is 59.7 Å². The third kappa shape index (κ3) is 3.89. The molecule has 1 amide bonds. The summed E-state index contributed by atoms with van der Waals surface area (Å²) < 4.78 is 10.2. The minimum Gasteiger partial charge on any atom is -0.496 e. The lowest BCUT2D eigenvalue weighted by Crippen LogP contribution is -2.42. The molecule has 0 spiro atoms. The molecule has 0 aromatic heterocycles. The Kier molecular flexibility index (Phi) is 6.36. The molecule has 28 heavy (non-hydrogen) atoms. The van der Waals surface area contributed by atoms with E-state index in [0.717, 1.165) is 17.7 Å². The van der Waals surface area contributed by atoms with Gasteiger partial charge in [0.05, 0.1) is 25.5 Å². The second-order valence-electron chi connectivity index (χ2n) is 6.24. The fraction of sp³-hybridized carbons (Fsp3) is 0.286. The van der Waals surface area contributed by atoms with Crippen molar-refractivity contribution in [2.75, 3.05) is 24.9 Å². The third-order valence-corrected chi connectivity index (χ3v) is 4.95. The first-order chi connectivity index (χ1) is 13.6. The number of hydrogen-bond acceptors (Lipinski definition) is 6. The number of fused-ring (bicyclic) bond motifs is 1. The van der Waals surface area contributed by atoms with Crippen molar-refractivity contribution in [3.63, 3.8) is 0 Å². The van der Waals surface area contributed by atoms with Gasteiger partial charge in [-0.25, -0.2) is 4.79 Å². The molecule has 7 heteroatoms. The van der Waals surface area contributed by atoms with E-state index in [9.17, 15) is 9.59 Å². The van der Waals surface area contributed by atoms with Crippen molar-refractivity contribution in [1.82, 2.24) is 0 Å². The number of amides is 1. The minimum absolute atomic E-state index is 0.189. The summed E-state index contributed by atoms with van der Waals surface area (Å²) in [7, 11) is 2.84. The number of rotatable bonds is 5. The number of carbonyl (C=O) groups excluding carboxylic acids is 2. The zero-order chi connectivity index (χ0) is 20.1. The molecule has 0 radical (unpaired) electrons. The minimum atomic E-state index is -0.776. The summed E-state index contributed by atoms with van der Waals surface area (Å²) in [6.07, 6.45) is 1.25. The van der Waals surface area contributed by atoms with Crippen molar-refractivity contribution in [3.8, 4) is 5.75 Å². The number of aryl methyl sites for hydroxylation is 1. The van der Waals surface area contributed by atoms with Gasteiger partial charge < -0.3 is 9.47 Å². The summed E-state index contributed by atoms with van der Waals surface area (Å²) >= 11 is 4.22. The second-order valence-corrected chi connectivity index (χ2v) is 6.60.